The van der Waals surface area contributed by atoms with Crippen LogP contribution in [-0.4, -0.2) is 46.5 Å². The van der Waals surface area contributed by atoms with Crippen LogP contribution in [0, 0.1) is 0 Å². The molecule has 0 spiro atoms. The Kier molecular flexibility index (Phi) is 6.46. The van der Waals surface area contributed by atoms with Crippen molar-refractivity contribution in [1.82, 2.24) is 5.32 Å². The van der Waals surface area contributed by atoms with E-state index >= 15 is 0 Å². The van der Waals surface area contributed by atoms with Crippen LogP contribution >= 0.6 is 23.1 Å². The van der Waals surface area contributed by atoms with Gasteiger partial charge in [-0.3, -0.25) is 4.79 Å². The maximum Gasteiger partial charge on any atom is 0.247 e. The Morgan fingerprint density at radius 2 is 2.22 bits per heavy atom. The topological polar surface area (TPSA) is 108 Å². The summed E-state index contributed by atoms with van der Waals surface area (Å²) in [6.45, 7) is 2.97. The third kappa shape index (κ3) is 5.16. The lowest BCUT2D eigenvalue weighted by Gasteiger charge is -2.29. The fourth-order valence-corrected chi connectivity index (χ4v) is 6.09. The van der Waals surface area contributed by atoms with Crippen molar-refractivity contribution < 1.29 is 22.7 Å². The van der Waals surface area contributed by atoms with Gasteiger partial charge in [-0.2, -0.15) is 0 Å². The first-order valence-corrected chi connectivity index (χ1v) is 10.2. The number of hydrogen-bond acceptors (Lipinski definition) is 7. The molecule has 0 saturated carbocycles. The van der Waals surface area contributed by atoms with Gasteiger partial charge in [0, 0.05) is 24.8 Å². The molecule has 0 saturated heterocycles. The van der Waals surface area contributed by atoms with Crippen LogP contribution in [0.5, 0.6) is 0 Å². The molecule has 10 heteroatoms. The van der Waals surface area contributed by atoms with E-state index in [2.05, 4.69) is 5.32 Å². The van der Waals surface area contributed by atoms with E-state index in [1.807, 2.05) is 0 Å². The van der Waals surface area contributed by atoms with Gasteiger partial charge >= 0.3 is 0 Å². The molecule has 0 fully saturated rings. The Morgan fingerprint density at radius 1 is 1.48 bits per heavy atom. The first-order chi connectivity index (χ1) is 10.8. The van der Waals surface area contributed by atoms with Crippen molar-refractivity contribution in [2.75, 3.05) is 26.9 Å². The molecule has 130 valence electrons. The maximum atomic E-state index is 11.6. The Labute approximate surface area is 144 Å². The molecule has 0 aromatic carbocycles. The largest absolute Gasteiger partial charge is 0.382 e. The summed E-state index contributed by atoms with van der Waals surface area (Å²) in [5.41, 5.74) is 0.812. The maximum absolute atomic E-state index is 11.6. The minimum Gasteiger partial charge on any atom is -0.382 e. The number of ether oxygens (including phenoxy) is 2. The normalized spacial score (nSPS) is 21.0. The molecule has 0 radical (unpaired) electrons. The lowest BCUT2D eigenvalue weighted by Crippen LogP contribution is -2.32. The number of amides is 1. The third-order valence-electron chi connectivity index (χ3n) is 3.24. The van der Waals surface area contributed by atoms with Gasteiger partial charge in [-0.15, -0.1) is 23.1 Å². The minimum atomic E-state index is -3.75. The number of primary sulfonamides is 1. The van der Waals surface area contributed by atoms with Crippen molar-refractivity contribution in [3.8, 4) is 0 Å². The zero-order valence-corrected chi connectivity index (χ0v) is 15.4. The van der Waals surface area contributed by atoms with Gasteiger partial charge in [-0.1, -0.05) is 0 Å². The highest BCUT2D eigenvalue weighted by Crippen LogP contribution is 2.46. The summed E-state index contributed by atoms with van der Waals surface area (Å²) in [6.07, 6.45) is 0.672. The predicted octanol–water partition coefficient (Wildman–Crippen LogP) is 1.10. The fraction of sp³-hybridized carbons (Fsp3) is 0.615. The summed E-state index contributed by atoms with van der Waals surface area (Å²) in [6, 6.07) is 1.33. The van der Waals surface area contributed by atoms with E-state index < -0.39 is 10.0 Å². The molecule has 0 aliphatic carbocycles. The van der Waals surface area contributed by atoms with E-state index in [9.17, 15) is 13.2 Å². The van der Waals surface area contributed by atoms with Crippen LogP contribution in [0.1, 0.15) is 24.9 Å². The van der Waals surface area contributed by atoms with E-state index in [-0.39, 0.29) is 21.4 Å². The zero-order chi connectivity index (χ0) is 17.0. The Bertz CT molecular complexity index is 659. The zero-order valence-electron chi connectivity index (χ0n) is 12.9. The van der Waals surface area contributed by atoms with Crippen molar-refractivity contribution in [3.05, 3.63) is 11.6 Å². The quantitative estimate of drug-likeness (QED) is 0.686. The van der Waals surface area contributed by atoms with Crippen molar-refractivity contribution >= 4 is 39.0 Å². The second kappa shape index (κ2) is 7.95. The monoisotopic (exact) mass is 380 g/mol. The van der Waals surface area contributed by atoms with Crippen molar-refractivity contribution in [2.24, 2.45) is 5.14 Å². The highest BCUT2D eigenvalue weighted by Gasteiger charge is 2.32. The van der Waals surface area contributed by atoms with Gasteiger partial charge in [-0.25, -0.2) is 13.6 Å². The molecular weight excluding hydrogens is 360 g/mol. The number of thioether (sulfide) groups is 1. The molecule has 1 aromatic heterocycles. The molecular formula is C13H20N2O5S3. The van der Waals surface area contributed by atoms with Crippen LogP contribution in [-0.2, 0) is 24.3 Å². The molecule has 3 N–H and O–H groups in total. The van der Waals surface area contributed by atoms with Crippen LogP contribution in [0.25, 0.3) is 0 Å². The number of rotatable bonds is 7. The summed E-state index contributed by atoms with van der Waals surface area (Å²) in [5, 5.41) is 8.21. The molecule has 1 amide bonds. The number of carbonyl (C=O) groups is 1. The first kappa shape index (κ1) is 18.7. The summed E-state index contributed by atoms with van der Waals surface area (Å²) in [7, 11) is -2.14. The smallest absolute Gasteiger partial charge is 0.247 e. The fourth-order valence-electron chi connectivity index (χ4n) is 2.27. The van der Waals surface area contributed by atoms with Gasteiger partial charge in [0.2, 0.25) is 15.9 Å². The van der Waals surface area contributed by atoms with Crippen LogP contribution in [0.3, 0.4) is 0 Å². The third-order valence-corrected chi connectivity index (χ3v) is 7.26. The molecule has 2 unspecified atom stereocenters. The number of sulfonamides is 1. The number of fused-ring (bicyclic) bond motifs is 1. The van der Waals surface area contributed by atoms with Gasteiger partial charge in [0.25, 0.3) is 0 Å². The van der Waals surface area contributed by atoms with Crippen LogP contribution < -0.4 is 10.5 Å². The summed E-state index contributed by atoms with van der Waals surface area (Å²) >= 11 is 2.70. The van der Waals surface area contributed by atoms with Gasteiger partial charge in [-0.05, 0) is 12.5 Å². The molecule has 2 rings (SSSR count). The van der Waals surface area contributed by atoms with Crippen molar-refractivity contribution in [2.45, 2.75) is 33.1 Å². The van der Waals surface area contributed by atoms with E-state index in [1.54, 1.807) is 24.9 Å². The van der Waals surface area contributed by atoms with E-state index in [0.717, 1.165) is 21.1 Å². The van der Waals surface area contributed by atoms with Crippen LogP contribution in [0.15, 0.2) is 14.5 Å². The lowest BCUT2D eigenvalue weighted by atomic mass is 10.0. The van der Waals surface area contributed by atoms with Crippen LogP contribution in [0.4, 0.5) is 0 Å². The molecule has 23 heavy (non-hydrogen) atoms. The van der Waals surface area contributed by atoms with Gasteiger partial charge in [0.1, 0.15) is 4.21 Å². The molecule has 1 aliphatic heterocycles. The highest BCUT2D eigenvalue weighted by atomic mass is 32.3. The molecule has 0 bridgehead atoms. The summed E-state index contributed by atoms with van der Waals surface area (Å²) in [4.78, 5) is 11.4. The molecule has 7 nitrogen and oxygen atoms in total. The summed E-state index contributed by atoms with van der Waals surface area (Å²) in [5.74, 6) is -0.157. The van der Waals surface area contributed by atoms with E-state index in [1.165, 1.54) is 6.92 Å². The van der Waals surface area contributed by atoms with E-state index in [0.29, 0.717) is 26.2 Å². The number of thiophene rings is 1. The van der Waals surface area contributed by atoms with E-state index in [4.69, 9.17) is 14.6 Å². The number of nitrogens with two attached hydrogens (primary N) is 1. The molecule has 2 heterocycles. The average molecular weight is 381 g/mol. The van der Waals surface area contributed by atoms with Gasteiger partial charge in [0.15, 0.2) is 0 Å². The average Bonchev–Trinajstić information content (AvgIpc) is 2.87. The Morgan fingerprint density at radius 3 is 2.83 bits per heavy atom. The number of hydrogen-bond donors (Lipinski definition) is 2. The second-order valence-electron chi connectivity index (χ2n) is 5.15. The minimum absolute atomic E-state index is 0.117. The SMILES string of the molecule is COCCOCC1CC(NC(C)=O)c2cc(S(N)(=O)=O)sc2S1. The first-order valence-electron chi connectivity index (χ1n) is 6.98. The molecule has 1 aromatic rings. The van der Waals surface area contributed by atoms with Gasteiger partial charge in [0.05, 0.1) is 30.1 Å². The predicted molar refractivity (Wildman–Crippen MR) is 89.2 cm³/mol. The molecule has 1 aliphatic rings. The van der Waals surface area contributed by atoms with Crippen molar-refractivity contribution in [1.29, 1.82) is 0 Å². The standard InChI is InChI=1S/C13H20N2O5S3/c1-8(16)15-11-5-9(7-20-4-3-19-2)21-13-10(11)6-12(22-13)23(14,17)18/h6,9,11H,3-5,7H2,1-2H3,(H,15,16)(H2,14,17,18). The lowest BCUT2D eigenvalue weighted by molar-refractivity contribution is -0.119. The number of carbonyl (C=O) groups excluding carboxylic acids is 1. The highest BCUT2D eigenvalue weighted by molar-refractivity contribution is 8.02. The van der Waals surface area contributed by atoms with Gasteiger partial charge < -0.3 is 14.8 Å². The summed E-state index contributed by atoms with van der Waals surface area (Å²) < 4.78 is 34.6. The Balaban J connectivity index is 2.16. The van der Waals surface area contributed by atoms with Crippen molar-refractivity contribution in [3.63, 3.8) is 0 Å². The second-order valence-corrected chi connectivity index (χ2v) is 9.56. The number of methoxy groups -OCH3 is 1. The number of nitrogens with one attached hydrogen (secondary N) is 1. The Hall–Kier alpha value is -0.650. The molecule has 2 atom stereocenters. The van der Waals surface area contributed by atoms with Crippen LogP contribution in [0.2, 0.25) is 0 Å².